The molecule has 2 aromatic carbocycles. The molecule has 0 aliphatic carbocycles. The third kappa shape index (κ3) is 5.94. The van der Waals surface area contributed by atoms with Gasteiger partial charge >= 0.3 is 0 Å². The van der Waals surface area contributed by atoms with Crippen LogP contribution < -0.4 is 20.7 Å². The maximum Gasteiger partial charge on any atom is 0.274 e. The summed E-state index contributed by atoms with van der Waals surface area (Å²) in [4.78, 5) is 23.2. The highest BCUT2D eigenvalue weighted by molar-refractivity contribution is 6.58. The van der Waals surface area contributed by atoms with Crippen molar-refractivity contribution in [3.8, 4) is 17.1 Å². The number of aliphatic hydroxyl groups excluding tert-OH is 1. The van der Waals surface area contributed by atoms with Gasteiger partial charge in [-0.25, -0.2) is 18.7 Å². The molecule has 1 aliphatic rings. The summed E-state index contributed by atoms with van der Waals surface area (Å²) < 4.78 is 34.5. The molecule has 0 saturated carbocycles. The summed E-state index contributed by atoms with van der Waals surface area (Å²) in [5, 5.41) is 10.3. The van der Waals surface area contributed by atoms with Crippen LogP contribution in [0.15, 0.2) is 42.6 Å². The molecule has 4 rings (SSSR count). The summed E-state index contributed by atoms with van der Waals surface area (Å²) in [5.41, 5.74) is 6.62. The van der Waals surface area contributed by atoms with E-state index in [2.05, 4.69) is 15.3 Å². The lowest BCUT2D eigenvalue weighted by Gasteiger charge is -2.27. The van der Waals surface area contributed by atoms with Crippen LogP contribution >= 0.6 is 0 Å². The Kier molecular flexibility index (Phi) is 7.56. The molecule has 184 valence electrons. The van der Waals surface area contributed by atoms with Crippen LogP contribution in [0.3, 0.4) is 0 Å². The molecule has 2 heterocycles. The van der Waals surface area contributed by atoms with Gasteiger partial charge < -0.3 is 25.8 Å². The van der Waals surface area contributed by atoms with Crippen LogP contribution in [0, 0.1) is 18.6 Å². The van der Waals surface area contributed by atoms with Gasteiger partial charge in [-0.15, -0.1) is 0 Å². The quantitative estimate of drug-likeness (QED) is 0.422. The first-order valence-electron chi connectivity index (χ1n) is 11.4. The number of anilines is 2. The summed E-state index contributed by atoms with van der Waals surface area (Å²) >= 11 is 0. The molecule has 1 aliphatic heterocycles. The average molecular weight is 499 g/mol. The lowest BCUT2D eigenvalue weighted by molar-refractivity contribution is 0.102. The van der Waals surface area contributed by atoms with E-state index in [1.165, 1.54) is 43.5 Å². The van der Waals surface area contributed by atoms with E-state index in [0.29, 0.717) is 18.7 Å². The van der Waals surface area contributed by atoms with E-state index in [1.807, 2.05) is 4.90 Å². The number of ether oxygens (including phenoxy) is 1. The van der Waals surface area contributed by atoms with Crippen LogP contribution in [0.1, 0.15) is 22.5 Å². The number of aryl methyl sites for hydroxylation is 1. The number of hydrogen-bond acceptors (Lipinski definition) is 7. The van der Waals surface area contributed by atoms with Crippen molar-refractivity contribution in [3.05, 3.63) is 65.5 Å². The second-order valence-electron chi connectivity index (χ2n) is 8.89. The maximum atomic E-state index is 15.1. The number of nitrogens with two attached hydrogens (primary N) is 1. The lowest BCUT2D eigenvalue weighted by atomic mass is 9.52. The molecule has 1 amide bonds. The molecule has 1 unspecified atom stereocenters. The molecule has 4 N–H and O–H groups in total. The van der Waals surface area contributed by atoms with Gasteiger partial charge in [-0.05, 0) is 54.5 Å². The van der Waals surface area contributed by atoms with Gasteiger partial charge in [0.05, 0.1) is 29.6 Å². The summed E-state index contributed by atoms with van der Waals surface area (Å²) in [6.45, 7) is 1.78. The van der Waals surface area contributed by atoms with Gasteiger partial charge in [0.25, 0.3) is 5.91 Å². The molecule has 1 aromatic heterocycles. The van der Waals surface area contributed by atoms with Crippen molar-refractivity contribution in [2.45, 2.75) is 30.7 Å². The zero-order valence-corrected chi connectivity index (χ0v) is 20.0. The highest BCUT2D eigenvalue weighted by atomic mass is 19.1. The molecule has 8 nitrogen and oxygen atoms in total. The zero-order chi connectivity index (χ0) is 26.9. The zero-order valence-electron chi connectivity index (χ0n) is 20.0. The van der Waals surface area contributed by atoms with Crippen LogP contribution in [-0.4, -0.2) is 75.1 Å². The Morgan fingerprint density at radius 3 is 2.73 bits per heavy atom. The molecular weight excluding hydrogens is 477 g/mol. The number of benzene rings is 2. The van der Waals surface area contributed by atoms with Crippen molar-refractivity contribution in [1.29, 1.82) is 0 Å². The Balaban J connectivity index is 1.68. The van der Waals surface area contributed by atoms with E-state index in [1.54, 1.807) is 0 Å². The number of nitrogens with one attached hydrogen (secondary N) is 1. The number of aromatic nitrogens is 2. The Bertz CT molecular complexity index is 1330. The Labute approximate surface area is 216 Å². The SMILES string of the molecule is [B]C([B])([B])Oc1ccc(C)c(F)c1-c1nccc(C(=O)Nc2cc(F)ccc2N2CC(N)C[C@H]2CO)n1. The van der Waals surface area contributed by atoms with Crippen LogP contribution in [-0.2, 0) is 0 Å². The molecule has 37 heavy (non-hydrogen) atoms. The molecule has 3 aromatic rings. The van der Waals surface area contributed by atoms with Crippen LogP contribution in [0.2, 0.25) is 0 Å². The summed E-state index contributed by atoms with van der Waals surface area (Å²) in [6, 6.07) is 7.58. The van der Waals surface area contributed by atoms with Crippen LogP contribution in [0.5, 0.6) is 5.75 Å². The number of amides is 1. The largest absolute Gasteiger partial charge is 0.515 e. The molecule has 13 heteroatoms. The summed E-state index contributed by atoms with van der Waals surface area (Å²) in [6.07, 6.45) is 1.80. The van der Waals surface area contributed by atoms with Crippen molar-refractivity contribution < 1.29 is 23.4 Å². The van der Waals surface area contributed by atoms with E-state index in [0.717, 1.165) is 6.07 Å². The average Bonchev–Trinajstić information content (AvgIpc) is 3.21. The number of hydrogen-bond donors (Lipinski definition) is 3. The standard InChI is InChI=1S/C24H22B3F2N5O3/c1-12-2-5-19(37-24(25,26)27)20(21(12)29)22-31-7-6-16(32-22)23(36)33-17-8-13(28)3-4-18(17)34-10-14(30)9-15(34)11-35/h2-8,14-15,35H,9-11,30H2,1H3,(H,33,36)/t14?,15-/m0/s1. The Morgan fingerprint density at radius 2 is 2.03 bits per heavy atom. The first-order valence-corrected chi connectivity index (χ1v) is 11.4. The van der Waals surface area contributed by atoms with Gasteiger partial charge in [0.2, 0.25) is 0 Å². The highest BCUT2D eigenvalue weighted by Gasteiger charge is 2.31. The summed E-state index contributed by atoms with van der Waals surface area (Å²) in [5.74, 6) is -2.31. The second kappa shape index (κ2) is 10.5. The minimum Gasteiger partial charge on any atom is -0.515 e. The van der Waals surface area contributed by atoms with Crippen molar-refractivity contribution >= 4 is 40.8 Å². The minimum atomic E-state index is -2.11. The number of aliphatic hydroxyl groups is 1. The molecule has 2 atom stereocenters. The fourth-order valence-corrected chi connectivity index (χ4v) is 4.22. The van der Waals surface area contributed by atoms with Gasteiger partial charge in [-0.2, -0.15) is 0 Å². The predicted molar refractivity (Wildman–Crippen MR) is 138 cm³/mol. The first kappa shape index (κ1) is 26.6. The van der Waals surface area contributed by atoms with Crippen LogP contribution in [0.4, 0.5) is 20.2 Å². The maximum absolute atomic E-state index is 15.1. The van der Waals surface area contributed by atoms with Crippen molar-refractivity contribution in [3.63, 3.8) is 0 Å². The van der Waals surface area contributed by atoms with Crippen molar-refractivity contribution in [2.75, 3.05) is 23.4 Å². The number of nitrogens with zero attached hydrogens (tertiary/aromatic N) is 3. The van der Waals surface area contributed by atoms with Gasteiger partial charge in [0.15, 0.2) is 5.82 Å². The number of rotatable bonds is 7. The normalized spacial score (nSPS) is 17.6. The fraction of sp³-hybridized carbons (Fsp3) is 0.292. The van der Waals surface area contributed by atoms with Gasteiger partial charge in [-0.1, -0.05) is 6.07 Å². The fourth-order valence-electron chi connectivity index (χ4n) is 4.22. The second-order valence-corrected chi connectivity index (χ2v) is 8.89. The van der Waals surface area contributed by atoms with Gasteiger partial charge in [-0.3, -0.25) is 4.79 Å². The third-order valence-electron chi connectivity index (χ3n) is 5.87. The summed E-state index contributed by atoms with van der Waals surface area (Å²) in [7, 11) is 16.6. The van der Waals surface area contributed by atoms with Gasteiger partial charge in [0.1, 0.15) is 46.6 Å². The van der Waals surface area contributed by atoms with Crippen molar-refractivity contribution in [1.82, 2.24) is 9.97 Å². The highest BCUT2D eigenvalue weighted by Crippen LogP contribution is 2.35. The molecule has 1 fully saturated rings. The molecule has 0 spiro atoms. The third-order valence-corrected chi connectivity index (χ3v) is 5.87. The topological polar surface area (TPSA) is 114 Å². The minimum absolute atomic E-state index is 0.124. The molecule has 1 saturated heterocycles. The van der Waals surface area contributed by atoms with Crippen molar-refractivity contribution in [2.24, 2.45) is 5.73 Å². The van der Waals surface area contributed by atoms with Crippen LogP contribution in [0.25, 0.3) is 11.4 Å². The van der Waals surface area contributed by atoms with E-state index in [9.17, 15) is 14.3 Å². The number of carbonyl (C=O) groups excluding carboxylic acids is 1. The van der Waals surface area contributed by atoms with E-state index in [-0.39, 0.29) is 52.8 Å². The molecule has 6 radical (unpaired) electrons. The smallest absolute Gasteiger partial charge is 0.274 e. The first-order chi connectivity index (χ1) is 17.5. The number of halogens is 2. The lowest BCUT2D eigenvalue weighted by Crippen LogP contribution is -2.37. The Morgan fingerprint density at radius 1 is 1.27 bits per heavy atom. The van der Waals surface area contributed by atoms with E-state index < -0.39 is 22.8 Å². The van der Waals surface area contributed by atoms with E-state index in [4.69, 9.17) is 34.0 Å². The number of carbonyl (C=O) groups is 1. The monoisotopic (exact) mass is 499 g/mol. The molecular formula is C24H22B3F2N5O3. The Hall–Kier alpha value is -3.44. The van der Waals surface area contributed by atoms with E-state index >= 15 is 4.39 Å². The predicted octanol–water partition coefficient (Wildman–Crippen LogP) is 1.38. The van der Waals surface area contributed by atoms with Gasteiger partial charge in [0, 0.05) is 18.8 Å². The molecule has 0 bridgehead atoms.